The minimum atomic E-state index is -1.01. The second kappa shape index (κ2) is 8.46. The van der Waals surface area contributed by atoms with Crippen molar-refractivity contribution >= 4 is 51.9 Å². The summed E-state index contributed by atoms with van der Waals surface area (Å²) in [6.07, 6.45) is 4.36. The minimum absolute atomic E-state index is 0.0530. The standard InChI is InChI=1S/C27H27NO6S/c1-11-7-8-14-12(2)17(13(3)32-4)20-19-18(14)15(9-11)24(33-5)23(29)21(19)22-26(25(20)34-6)35-10-16(28-22)27(30)31/h7-8,13,16,29H,2,9-10H2,1,3-6H3,(H,30,31). The summed E-state index contributed by atoms with van der Waals surface area (Å²) in [6.45, 7) is 8.45. The van der Waals surface area contributed by atoms with Crippen molar-refractivity contribution in [1.82, 2.24) is 0 Å². The number of allylic oxidation sites excluding steroid dienone is 2. The molecule has 8 heteroatoms. The number of ether oxygens (including phenoxy) is 3. The fraction of sp³-hybridized carbons (Fsp3) is 0.333. The van der Waals surface area contributed by atoms with Crippen molar-refractivity contribution in [2.45, 2.75) is 37.3 Å². The molecule has 1 aliphatic carbocycles. The van der Waals surface area contributed by atoms with E-state index in [1.165, 1.54) is 18.9 Å². The Morgan fingerprint density at radius 2 is 1.86 bits per heavy atom. The van der Waals surface area contributed by atoms with Crippen LogP contribution in [0.1, 0.15) is 31.1 Å². The lowest BCUT2D eigenvalue weighted by Crippen LogP contribution is -2.33. The number of fused-ring (bicyclic) bond motifs is 2. The van der Waals surface area contributed by atoms with Crippen molar-refractivity contribution in [2.24, 2.45) is 4.99 Å². The number of hydrogen-bond donors (Lipinski definition) is 2. The van der Waals surface area contributed by atoms with Crippen molar-refractivity contribution in [3.63, 3.8) is 0 Å². The van der Waals surface area contributed by atoms with Gasteiger partial charge in [0.2, 0.25) is 0 Å². The van der Waals surface area contributed by atoms with Crippen LogP contribution in [0.2, 0.25) is 0 Å². The Bertz CT molecular complexity index is 1620. The molecule has 0 saturated carbocycles. The van der Waals surface area contributed by atoms with Gasteiger partial charge in [-0.25, -0.2) is 4.79 Å². The average molecular weight is 494 g/mol. The molecule has 35 heavy (non-hydrogen) atoms. The first-order valence-corrected chi connectivity index (χ1v) is 12.3. The monoisotopic (exact) mass is 493 g/mol. The number of hydrogen-bond acceptors (Lipinski definition) is 7. The number of phenolic OH excluding ortho intramolecular Hbond substituents is 1. The molecule has 2 atom stereocenters. The summed E-state index contributed by atoms with van der Waals surface area (Å²) in [7, 11) is 4.77. The highest BCUT2D eigenvalue weighted by Gasteiger charge is 2.32. The maximum Gasteiger partial charge on any atom is 0.329 e. The number of phenols is 1. The van der Waals surface area contributed by atoms with E-state index in [2.05, 4.69) is 17.6 Å². The maximum atomic E-state index is 11.9. The molecule has 1 heterocycles. The summed E-state index contributed by atoms with van der Waals surface area (Å²) in [4.78, 5) is 17.1. The third kappa shape index (κ3) is 3.23. The van der Waals surface area contributed by atoms with Gasteiger partial charge in [-0.15, -0.1) is 11.8 Å². The summed E-state index contributed by atoms with van der Waals surface area (Å²) >= 11 is 1.36. The lowest BCUT2D eigenvalue weighted by molar-refractivity contribution is -0.137. The van der Waals surface area contributed by atoms with Gasteiger partial charge in [-0.1, -0.05) is 24.3 Å². The van der Waals surface area contributed by atoms with Gasteiger partial charge in [0, 0.05) is 29.2 Å². The van der Waals surface area contributed by atoms with Crippen LogP contribution in [0.3, 0.4) is 0 Å². The molecule has 0 fully saturated rings. The summed E-state index contributed by atoms with van der Waals surface area (Å²) in [5.41, 5.74) is 2.81. The second-order valence-corrected chi connectivity index (χ2v) is 9.94. The molecule has 3 aromatic carbocycles. The molecule has 0 radical (unpaired) electrons. The lowest BCUT2D eigenvalue weighted by Gasteiger charge is -2.26. The van der Waals surface area contributed by atoms with Crippen molar-refractivity contribution in [3.05, 3.63) is 38.6 Å². The molecule has 5 rings (SSSR count). The van der Waals surface area contributed by atoms with Gasteiger partial charge in [0.1, 0.15) is 5.75 Å². The molecule has 2 unspecified atom stereocenters. The third-order valence-electron chi connectivity index (χ3n) is 6.97. The molecule has 7 nitrogen and oxygen atoms in total. The molecule has 0 bridgehead atoms. The summed E-state index contributed by atoms with van der Waals surface area (Å²) in [6, 6.07) is -0.936. The van der Waals surface area contributed by atoms with E-state index in [1.807, 2.05) is 19.9 Å². The molecule has 2 N–H and O–H groups in total. The predicted molar refractivity (Wildman–Crippen MR) is 137 cm³/mol. The fourth-order valence-corrected chi connectivity index (χ4v) is 6.48. The van der Waals surface area contributed by atoms with E-state index in [9.17, 15) is 15.0 Å². The Kier molecular flexibility index (Phi) is 5.68. The molecule has 0 spiro atoms. The molecular formula is C27H27NO6S. The molecule has 182 valence electrons. The number of aliphatic carboxylic acids is 1. The molecule has 1 aliphatic heterocycles. The zero-order valence-corrected chi connectivity index (χ0v) is 21.1. The number of methoxy groups -OCH3 is 3. The number of carbonyl (C=O) groups is 1. The van der Waals surface area contributed by atoms with E-state index < -0.39 is 12.0 Å². The Hall–Kier alpha value is -3.23. The van der Waals surface area contributed by atoms with Crippen LogP contribution in [0.15, 0.2) is 21.5 Å². The number of carboxylic acid groups (broad SMARTS) is 1. The number of aromatic hydroxyl groups is 1. The van der Waals surface area contributed by atoms with Crippen LogP contribution in [0.25, 0.3) is 34.2 Å². The molecule has 2 aliphatic rings. The molecular weight excluding hydrogens is 466 g/mol. The first kappa shape index (κ1) is 23.5. The van der Waals surface area contributed by atoms with Gasteiger partial charge in [0.05, 0.1) is 36.0 Å². The van der Waals surface area contributed by atoms with E-state index in [1.54, 1.807) is 14.2 Å². The van der Waals surface area contributed by atoms with E-state index in [4.69, 9.17) is 14.2 Å². The Morgan fingerprint density at radius 3 is 2.49 bits per heavy atom. The number of carboxylic acids is 1. The van der Waals surface area contributed by atoms with Crippen molar-refractivity contribution in [3.8, 4) is 17.2 Å². The van der Waals surface area contributed by atoms with Crippen molar-refractivity contribution < 1.29 is 29.2 Å². The Morgan fingerprint density at radius 1 is 1.14 bits per heavy atom. The quantitative estimate of drug-likeness (QED) is 0.564. The lowest BCUT2D eigenvalue weighted by atomic mass is 9.86. The maximum absolute atomic E-state index is 11.9. The van der Waals surface area contributed by atoms with Gasteiger partial charge in [0.25, 0.3) is 0 Å². The first-order valence-electron chi connectivity index (χ1n) is 11.3. The van der Waals surface area contributed by atoms with Gasteiger partial charge >= 0.3 is 5.97 Å². The smallest absolute Gasteiger partial charge is 0.329 e. The zero-order chi connectivity index (χ0) is 25.2. The minimum Gasteiger partial charge on any atom is -0.504 e. The number of nitrogens with zero attached hydrogens (tertiary/aromatic N) is 1. The van der Waals surface area contributed by atoms with Crippen LogP contribution in [0, 0.1) is 0 Å². The van der Waals surface area contributed by atoms with E-state index in [0.29, 0.717) is 33.6 Å². The Balaban J connectivity index is 2.21. The topological polar surface area (TPSA) is 97.6 Å². The fourth-order valence-electron chi connectivity index (χ4n) is 5.33. The third-order valence-corrected chi connectivity index (χ3v) is 8.12. The molecule has 0 aromatic heterocycles. The van der Waals surface area contributed by atoms with E-state index in [-0.39, 0.29) is 17.6 Å². The molecule has 3 aromatic rings. The van der Waals surface area contributed by atoms with Crippen LogP contribution in [-0.2, 0) is 16.0 Å². The average Bonchev–Trinajstić information content (AvgIpc) is 3.01. The van der Waals surface area contributed by atoms with Gasteiger partial charge in [0.15, 0.2) is 17.5 Å². The Labute approximate surface area is 206 Å². The van der Waals surface area contributed by atoms with Crippen LogP contribution in [0.5, 0.6) is 17.2 Å². The van der Waals surface area contributed by atoms with E-state index in [0.717, 1.165) is 43.3 Å². The van der Waals surface area contributed by atoms with Gasteiger partial charge < -0.3 is 24.4 Å². The van der Waals surface area contributed by atoms with Crippen LogP contribution in [0.4, 0.5) is 0 Å². The zero-order valence-electron chi connectivity index (χ0n) is 20.3. The van der Waals surface area contributed by atoms with Crippen LogP contribution >= 0.6 is 11.8 Å². The van der Waals surface area contributed by atoms with Crippen molar-refractivity contribution in [2.75, 3.05) is 27.1 Å². The number of benzene rings is 3. The van der Waals surface area contributed by atoms with Crippen LogP contribution in [-0.4, -0.2) is 49.3 Å². The highest BCUT2D eigenvalue weighted by molar-refractivity contribution is 7.99. The largest absolute Gasteiger partial charge is 0.504 e. The SMILES string of the molecule is C=c1c(C(C)OC)c2c(OC)c3c(c4c(O)c(OC)c5c(c1=CC=C(C)C5)c24)=NC(C(=O)O)CS3. The normalized spacial score (nSPS) is 17.7. The van der Waals surface area contributed by atoms with Crippen LogP contribution < -0.4 is 25.3 Å². The highest BCUT2D eigenvalue weighted by atomic mass is 32.2. The first-order chi connectivity index (χ1) is 16.7. The predicted octanol–water partition coefficient (Wildman–Crippen LogP) is 3.01. The summed E-state index contributed by atoms with van der Waals surface area (Å²) in [5.74, 6) is 0.144. The highest BCUT2D eigenvalue weighted by Crippen LogP contribution is 2.48. The van der Waals surface area contributed by atoms with Crippen molar-refractivity contribution in [1.29, 1.82) is 0 Å². The molecule has 0 saturated heterocycles. The molecule has 0 amide bonds. The van der Waals surface area contributed by atoms with Gasteiger partial charge in [-0.2, -0.15) is 0 Å². The van der Waals surface area contributed by atoms with Gasteiger partial charge in [-0.3, -0.25) is 4.99 Å². The number of rotatable bonds is 5. The second-order valence-electron chi connectivity index (χ2n) is 8.91. The summed E-state index contributed by atoms with van der Waals surface area (Å²) < 4.78 is 17.5. The van der Waals surface area contributed by atoms with Gasteiger partial charge in [-0.05, 0) is 41.7 Å². The van der Waals surface area contributed by atoms with E-state index >= 15 is 0 Å². The summed E-state index contributed by atoms with van der Waals surface area (Å²) in [5, 5.41) is 26.4. The number of thioether (sulfide) groups is 1.